The third-order valence-electron chi connectivity index (χ3n) is 6.34. The Labute approximate surface area is 194 Å². The largest absolute Gasteiger partial charge is 0.333 e. The Morgan fingerprint density at radius 2 is 2.03 bits per heavy atom. The van der Waals surface area contributed by atoms with Gasteiger partial charge in [-0.25, -0.2) is 0 Å². The van der Waals surface area contributed by atoms with Gasteiger partial charge in [0.2, 0.25) is 0 Å². The normalized spacial score (nSPS) is 18.1. The fourth-order valence-electron chi connectivity index (χ4n) is 4.02. The minimum atomic E-state index is -0.243. The molecule has 1 fully saturated rings. The number of hydrazone groups is 1. The number of nitrogens with zero attached hydrogens (tertiary/aromatic N) is 4. The van der Waals surface area contributed by atoms with Gasteiger partial charge in [-0.2, -0.15) is 5.10 Å². The van der Waals surface area contributed by atoms with E-state index in [4.69, 9.17) is 0 Å². The molecule has 2 aromatic heterocycles. The smallest absolute Gasteiger partial charge is 0.274 e. The van der Waals surface area contributed by atoms with Gasteiger partial charge in [0.1, 0.15) is 18.2 Å². The number of carbonyl (C=O) groups is 1. The molecule has 3 heterocycles. The van der Waals surface area contributed by atoms with E-state index in [0.29, 0.717) is 17.7 Å². The number of hydrogen-bond donors (Lipinski definition) is 2. The highest BCUT2D eigenvalue weighted by atomic mass is 16.1. The molecule has 7 heteroatoms. The first-order valence-electron chi connectivity index (χ1n) is 11.5. The number of anilines is 1. The van der Waals surface area contributed by atoms with Gasteiger partial charge in [0.05, 0.1) is 0 Å². The van der Waals surface area contributed by atoms with Crippen molar-refractivity contribution in [3.63, 3.8) is 0 Å². The Morgan fingerprint density at radius 1 is 1.15 bits per heavy atom. The number of hydrogen-bond acceptors (Lipinski definition) is 6. The maximum Gasteiger partial charge on any atom is 0.274 e. The molecule has 2 N–H and O–H groups in total. The molecule has 1 aromatic carbocycles. The fourth-order valence-corrected chi connectivity index (χ4v) is 4.02. The quantitative estimate of drug-likeness (QED) is 0.545. The molecule has 0 radical (unpaired) electrons. The van der Waals surface area contributed by atoms with Crippen molar-refractivity contribution >= 4 is 17.9 Å². The van der Waals surface area contributed by atoms with Crippen molar-refractivity contribution in [2.24, 2.45) is 5.10 Å². The summed E-state index contributed by atoms with van der Waals surface area (Å²) in [7, 11) is 0. The lowest BCUT2D eigenvalue weighted by Gasteiger charge is -2.24. The Kier molecular flexibility index (Phi) is 5.77. The molecule has 0 saturated heterocycles. The van der Waals surface area contributed by atoms with Gasteiger partial charge in [0, 0.05) is 35.4 Å². The Balaban J connectivity index is 1.31. The standard InChI is InChI=1S/C26H28N6O/c1-3-17(2)23-10-7-20(15-28-23)18-11-12-27-24(14-18)26(33)30-21-6-4-5-19(13-21)25-31-29-16-32(25)22-8-9-22/h4-7,10-17,22,25,31H,3,8-9H2,1-2H3,(H,30,33). The van der Waals surface area contributed by atoms with E-state index in [1.807, 2.05) is 42.9 Å². The van der Waals surface area contributed by atoms with Crippen molar-refractivity contribution < 1.29 is 4.79 Å². The highest BCUT2D eigenvalue weighted by molar-refractivity contribution is 6.03. The highest BCUT2D eigenvalue weighted by Crippen LogP contribution is 2.34. The first-order valence-corrected chi connectivity index (χ1v) is 11.5. The van der Waals surface area contributed by atoms with Gasteiger partial charge in [-0.1, -0.05) is 32.0 Å². The van der Waals surface area contributed by atoms with Crippen LogP contribution in [0.2, 0.25) is 0 Å². The number of carbonyl (C=O) groups excluding carboxylic acids is 1. The summed E-state index contributed by atoms with van der Waals surface area (Å²) >= 11 is 0. The molecule has 168 valence electrons. The van der Waals surface area contributed by atoms with Crippen LogP contribution in [0, 0.1) is 0 Å². The summed E-state index contributed by atoms with van der Waals surface area (Å²) in [6.45, 7) is 4.33. The van der Waals surface area contributed by atoms with Gasteiger partial charge in [0.15, 0.2) is 0 Å². The van der Waals surface area contributed by atoms with Gasteiger partial charge in [-0.3, -0.25) is 20.2 Å². The van der Waals surface area contributed by atoms with Crippen molar-refractivity contribution in [1.29, 1.82) is 0 Å². The lowest BCUT2D eigenvalue weighted by atomic mass is 10.0. The van der Waals surface area contributed by atoms with Crippen LogP contribution in [0.3, 0.4) is 0 Å². The molecule has 0 spiro atoms. The molecule has 3 aromatic rings. The molecule has 1 saturated carbocycles. The van der Waals surface area contributed by atoms with E-state index in [1.165, 1.54) is 12.8 Å². The van der Waals surface area contributed by atoms with E-state index in [2.05, 4.69) is 56.7 Å². The zero-order valence-electron chi connectivity index (χ0n) is 18.9. The summed E-state index contributed by atoms with van der Waals surface area (Å²) < 4.78 is 0. The molecule has 1 amide bonds. The van der Waals surface area contributed by atoms with E-state index in [0.717, 1.165) is 34.5 Å². The topological polar surface area (TPSA) is 82.5 Å². The minimum Gasteiger partial charge on any atom is -0.333 e. The number of pyridine rings is 2. The van der Waals surface area contributed by atoms with Crippen LogP contribution in [-0.4, -0.2) is 33.2 Å². The number of benzene rings is 1. The van der Waals surface area contributed by atoms with Gasteiger partial charge >= 0.3 is 0 Å². The van der Waals surface area contributed by atoms with Crippen LogP contribution in [0.25, 0.3) is 11.1 Å². The summed E-state index contributed by atoms with van der Waals surface area (Å²) in [6, 6.07) is 16.2. The van der Waals surface area contributed by atoms with Crippen molar-refractivity contribution in [3.8, 4) is 11.1 Å². The zero-order chi connectivity index (χ0) is 22.8. The van der Waals surface area contributed by atoms with E-state index < -0.39 is 0 Å². The molecular formula is C26H28N6O. The molecule has 1 aliphatic carbocycles. The second-order valence-corrected chi connectivity index (χ2v) is 8.74. The molecule has 1 aliphatic heterocycles. The van der Waals surface area contributed by atoms with E-state index >= 15 is 0 Å². The van der Waals surface area contributed by atoms with Crippen molar-refractivity contribution in [2.45, 2.75) is 51.2 Å². The van der Waals surface area contributed by atoms with Crippen molar-refractivity contribution in [2.75, 3.05) is 5.32 Å². The first kappa shape index (κ1) is 21.1. The molecule has 7 nitrogen and oxygen atoms in total. The minimum absolute atomic E-state index is 0.00158. The number of rotatable bonds is 7. The number of aromatic nitrogens is 2. The molecule has 2 atom stereocenters. The van der Waals surface area contributed by atoms with E-state index in [1.54, 1.807) is 12.3 Å². The molecule has 5 rings (SSSR count). The Bertz CT molecular complexity index is 1170. The fraction of sp³-hybridized carbons (Fsp3) is 0.308. The third kappa shape index (κ3) is 4.58. The van der Waals surface area contributed by atoms with E-state index in [9.17, 15) is 4.79 Å². The highest BCUT2D eigenvalue weighted by Gasteiger charge is 2.35. The zero-order valence-corrected chi connectivity index (χ0v) is 18.9. The molecule has 0 bridgehead atoms. The van der Waals surface area contributed by atoms with Crippen LogP contribution < -0.4 is 10.7 Å². The average molecular weight is 441 g/mol. The van der Waals surface area contributed by atoms with Gasteiger partial charge in [-0.15, -0.1) is 0 Å². The Morgan fingerprint density at radius 3 is 2.79 bits per heavy atom. The van der Waals surface area contributed by atoms with Crippen LogP contribution in [0.15, 0.2) is 66.0 Å². The van der Waals surface area contributed by atoms with Crippen LogP contribution in [0.1, 0.15) is 66.9 Å². The average Bonchev–Trinajstić information content (AvgIpc) is 3.59. The Hall–Kier alpha value is -3.74. The van der Waals surface area contributed by atoms with Gasteiger partial charge < -0.3 is 10.2 Å². The maximum absolute atomic E-state index is 13.0. The first-order chi connectivity index (χ1) is 16.1. The summed E-state index contributed by atoms with van der Waals surface area (Å²) in [5.74, 6) is 0.184. The van der Waals surface area contributed by atoms with Crippen LogP contribution in [0.4, 0.5) is 5.69 Å². The van der Waals surface area contributed by atoms with Crippen molar-refractivity contribution in [1.82, 2.24) is 20.3 Å². The van der Waals surface area contributed by atoms with Gasteiger partial charge in [0.25, 0.3) is 5.91 Å². The summed E-state index contributed by atoms with van der Waals surface area (Å²) in [4.78, 5) is 24.1. The van der Waals surface area contributed by atoms with E-state index in [-0.39, 0.29) is 12.1 Å². The predicted octanol–water partition coefficient (Wildman–Crippen LogP) is 4.92. The van der Waals surface area contributed by atoms with Crippen LogP contribution in [-0.2, 0) is 0 Å². The summed E-state index contributed by atoms with van der Waals surface area (Å²) in [6.07, 6.45) is 8.84. The van der Waals surface area contributed by atoms with Crippen LogP contribution in [0.5, 0.6) is 0 Å². The van der Waals surface area contributed by atoms with Gasteiger partial charge in [-0.05, 0) is 66.6 Å². The molecular weight excluding hydrogens is 412 g/mol. The monoisotopic (exact) mass is 440 g/mol. The molecule has 2 unspecified atom stereocenters. The summed E-state index contributed by atoms with van der Waals surface area (Å²) in [5, 5.41) is 7.22. The number of amides is 1. The van der Waals surface area contributed by atoms with Crippen molar-refractivity contribution in [3.05, 3.63) is 77.9 Å². The summed E-state index contributed by atoms with van der Waals surface area (Å²) in [5.41, 5.74) is 8.28. The third-order valence-corrected chi connectivity index (χ3v) is 6.34. The SMILES string of the molecule is CCC(C)c1ccc(-c2ccnc(C(=O)Nc3cccc(C4NN=CN4C4CC4)c3)c2)cn1. The van der Waals surface area contributed by atoms with Crippen LogP contribution >= 0.6 is 0 Å². The lowest BCUT2D eigenvalue weighted by molar-refractivity contribution is 0.102. The number of nitrogens with one attached hydrogen (secondary N) is 2. The second-order valence-electron chi connectivity index (χ2n) is 8.74. The lowest BCUT2D eigenvalue weighted by Crippen LogP contribution is -2.30. The maximum atomic E-state index is 13.0. The predicted molar refractivity (Wildman–Crippen MR) is 130 cm³/mol. The molecule has 2 aliphatic rings. The second kappa shape index (κ2) is 9.02. The molecule has 33 heavy (non-hydrogen) atoms.